The molecule has 1 aromatic heterocycles. The van der Waals surface area contributed by atoms with E-state index in [1.54, 1.807) is 0 Å². The maximum Gasteiger partial charge on any atom is 0.133 e. The van der Waals surface area contributed by atoms with Gasteiger partial charge >= 0.3 is 0 Å². The summed E-state index contributed by atoms with van der Waals surface area (Å²) in [5.41, 5.74) is 3.62. The molecule has 0 unspecified atom stereocenters. The number of nitrogens with zero attached hydrogens (tertiary/aromatic N) is 1. The van der Waals surface area contributed by atoms with Gasteiger partial charge in [0, 0.05) is 19.2 Å². The molecule has 0 saturated heterocycles. The van der Waals surface area contributed by atoms with Crippen LogP contribution >= 0.6 is 12.4 Å². The first-order valence-corrected chi connectivity index (χ1v) is 6.37. The number of benzene rings is 1. The minimum Gasteiger partial charge on any atom is -0.361 e. The highest BCUT2D eigenvalue weighted by Gasteiger charge is 2.01. The van der Waals surface area contributed by atoms with Crippen LogP contribution in [0.5, 0.6) is 0 Å². The fraction of sp³-hybridized carbons (Fsp3) is 0.400. The topological polar surface area (TPSA) is 38.1 Å². The average Bonchev–Trinajstić information content (AvgIpc) is 2.76. The van der Waals surface area contributed by atoms with Crippen molar-refractivity contribution in [2.75, 3.05) is 0 Å². The molecule has 4 heteroatoms. The van der Waals surface area contributed by atoms with E-state index in [2.05, 4.69) is 48.6 Å². The van der Waals surface area contributed by atoms with Crippen LogP contribution in [0.2, 0.25) is 0 Å². The normalized spacial score (nSPS) is 10.5. The summed E-state index contributed by atoms with van der Waals surface area (Å²) in [7, 11) is 0. The molecule has 1 N–H and O–H groups in total. The third kappa shape index (κ3) is 4.69. The van der Waals surface area contributed by atoms with Crippen LogP contribution < -0.4 is 5.32 Å². The van der Waals surface area contributed by atoms with Crippen LogP contribution in [0.25, 0.3) is 0 Å². The highest BCUT2D eigenvalue weighted by molar-refractivity contribution is 5.85. The number of rotatable bonds is 5. The van der Waals surface area contributed by atoms with E-state index in [-0.39, 0.29) is 12.4 Å². The Hall–Kier alpha value is -1.32. The van der Waals surface area contributed by atoms with Crippen LogP contribution in [0, 0.1) is 6.92 Å². The number of aryl methyl sites for hydroxylation is 1. The Morgan fingerprint density at radius 3 is 2.37 bits per heavy atom. The smallest absolute Gasteiger partial charge is 0.133 e. The molecule has 2 rings (SSSR count). The van der Waals surface area contributed by atoms with Crippen molar-refractivity contribution >= 4 is 12.4 Å². The van der Waals surface area contributed by atoms with Crippen molar-refractivity contribution in [3.8, 4) is 0 Å². The van der Waals surface area contributed by atoms with Crippen LogP contribution in [0.15, 0.2) is 34.9 Å². The molecule has 0 spiro atoms. The number of hydrogen-bond acceptors (Lipinski definition) is 3. The predicted octanol–water partition coefficient (Wildman–Crippen LogP) is 3.82. The van der Waals surface area contributed by atoms with Crippen molar-refractivity contribution in [1.82, 2.24) is 10.5 Å². The van der Waals surface area contributed by atoms with Gasteiger partial charge in [-0.25, -0.2) is 0 Å². The van der Waals surface area contributed by atoms with Gasteiger partial charge in [-0.1, -0.05) is 43.3 Å². The summed E-state index contributed by atoms with van der Waals surface area (Å²) in [4.78, 5) is 0. The minimum atomic E-state index is 0. The molecule has 0 aliphatic heterocycles. The number of aromatic nitrogens is 1. The van der Waals surface area contributed by atoms with Gasteiger partial charge in [0.2, 0.25) is 0 Å². The van der Waals surface area contributed by atoms with E-state index in [0.717, 1.165) is 24.5 Å². The minimum absolute atomic E-state index is 0. The van der Waals surface area contributed by atoms with Crippen LogP contribution in [0.1, 0.15) is 42.3 Å². The van der Waals surface area contributed by atoms with Crippen molar-refractivity contribution < 1.29 is 4.52 Å². The lowest BCUT2D eigenvalue weighted by Crippen LogP contribution is -2.12. The van der Waals surface area contributed by atoms with Crippen molar-refractivity contribution in [2.45, 2.75) is 39.8 Å². The van der Waals surface area contributed by atoms with E-state index < -0.39 is 0 Å². The monoisotopic (exact) mass is 280 g/mol. The number of hydrogen-bond donors (Lipinski definition) is 1. The second-order valence-corrected chi connectivity index (χ2v) is 4.93. The molecule has 1 aromatic carbocycles. The van der Waals surface area contributed by atoms with Gasteiger partial charge in [-0.2, -0.15) is 0 Å². The second kappa shape index (κ2) is 7.31. The van der Waals surface area contributed by atoms with Gasteiger partial charge in [0.1, 0.15) is 5.76 Å². The molecular weight excluding hydrogens is 260 g/mol. The Morgan fingerprint density at radius 1 is 1.16 bits per heavy atom. The highest BCUT2D eigenvalue weighted by atomic mass is 35.5. The van der Waals surface area contributed by atoms with Gasteiger partial charge in [-0.15, -0.1) is 12.4 Å². The van der Waals surface area contributed by atoms with E-state index in [4.69, 9.17) is 4.52 Å². The lowest BCUT2D eigenvalue weighted by atomic mass is 10.0. The summed E-state index contributed by atoms with van der Waals surface area (Å²) in [5, 5.41) is 7.30. The molecule has 104 valence electrons. The maximum absolute atomic E-state index is 5.02. The molecule has 19 heavy (non-hydrogen) atoms. The molecule has 0 radical (unpaired) electrons. The van der Waals surface area contributed by atoms with Crippen LogP contribution in [0.4, 0.5) is 0 Å². The van der Waals surface area contributed by atoms with E-state index >= 15 is 0 Å². The fourth-order valence-corrected chi connectivity index (χ4v) is 1.86. The first kappa shape index (κ1) is 15.7. The predicted molar refractivity (Wildman–Crippen MR) is 79.6 cm³/mol. The maximum atomic E-state index is 5.02. The van der Waals surface area contributed by atoms with E-state index in [1.807, 2.05) is 13.0 Å². The third-order valence-electron chi connectivity index (χ3n) is 2.96. The molecule has 0 fully saturated rings. The molecule has 0 saturated carbocycles. The van der Waals surface area contributed by atoms with Gasteiger partial charge in [0.05, 0.1) is 5.69 Å². The quantitative estimate of drug-likeness (QED) is 0.905. The lowest BCUT2D eigenvalue weighted by molar-refractivity contribution is 0.388. The fourth-order valence-electron chi connectivity index (χ4n) is 1.86. The molecular formula is C15H21ClN2O. The second-order valence-electron chi connectivity index (χ2n) is 4.93. The van der Waals surface area contributed by atoms with Gasteiger partial charge in [0.15, 0.2) is 0 Å². The first-order valence-electron chi connectivity index (χ1n) is 6.37. The van der Waals surface area contributed by atoms with Crippen molar-refractivity contribution in [2.24, 2.45) is 0 Å². The van der Waals surface area contributed by atoms with Crippen molar-refractivity contribution in [3.05, 3.63) is 52.9 Å². The van der Waals surface area contributed by atoms with Gasteiger partial charge in [-0.3, -0.25) is 0 Å². The Balaban J connectivity index is 0.00000180. The van der Waals surface area contributed by atoms with Gasteiger partial charge in [-0.05, 0) is 24.0 Å². The molecule has 0 aliphatic rings. The Kier molecular flexibility index (Phi) is 6.06. The van der Waals surface area contributed by atoms with Crippen LogP contribution in [-0.4, -0.2) is 5.16 Å². The number of nitrogens with one attached hydrogen (secondary N) is 1. The summed E-state index contributed by atoms with van der Waals surface area (Å²) < 4.78 is 5.02. The Morgan fingerprint density at radius 2 is 1.84 bits per heavy atom. The largest absolute Gasteiger partial charge is 0.361 e. The Labute approximate surface area is 120 Å². The highest BCUT2D eigenvalue weighted by Crippen LogP contribution is 2.14. The molecule has 0 atom stereocenters. The number of halogens is 1. The van der Waals surface area contributed by atoms with Crippen LogP contribution in [-0.2, 0) is 13.1 Å². The average molecular weight is 281 g/mol. The summed E-state index contributed by atoms with van der Waals surface area (Å²) in [6.07, 6.45) is 0. The van der Waals surface area contributed by atoms with E-state index in [9.17, 15) is 0 Å². The summed E-state index contributed by atoms with van der Waals surface area (Å²) in [5.74, 6) is 1.44. The lowest BCUT2D eigenvalue weighted by Gasteiger charge is -2.07. The summed E-state index contributed by atoms with van der Waals surface area (Å²) in [6.45, 7) is 7.91. The van der Waals surface area contributed by atoms with Crippen LogP contribution in [0.3, 0.4) is 0 Å². The summed E-state index contributed by atoms with van der Waals surface area (Å²) >= 11 is 0. The zero-order valence-electron chi connectivity index (χ0n) is 11.6. The van der Waals surface area contributed by atoms with Crippen molar-refractivity contribution in [3.63, 3.8) is 0 Å². The SMILES string of the molecule is Cc1cc(CNCc2ccc(C(C)C)cc2)no1.Cl. The molecule has 1 heterocycles. The zero-order valence-corrected chi connectivity index (χ0v) is 12.5. The molecule has 0 aliphatic carbocycles. The van der Waals surface area contributed by atoms with E-state index in [0.29, 0.717) is 5.92 Å². The zero-order chi connectivity index (χ0) is 13.0. The standard InChI is InChI=1S/C15H20N2O.ClH/c1-11(2)14-6-4-13(5-7-14)9-16-10-15-8-12(3)18-17-15;/h4-8,11,16H,9-10H2,1-3H3;1H. The van der Waals surface area contributed by atoms with Gasteiger partial charge < -0.3 is 9.84 Å². The molecule has 0 bridgehead atoms. The Bertz CT molecular complexity index is 491. The molecule has 3 nitrogen and oxygen atoms in total. The van der Waals surface area contributed by atoms with E-state index in [1.165, 1.54) is 11.1 Å². The van der Waals surface area contributed by atoms with Gasteiger partial charge in [0.25, 0.3) is 0 Å². The molecule has 2 aromatic rings. The third-order valence-corrected chi connectivity index (χ3v) is 2.96. The van der Waals surface area contributed by atoms with Crippen molar-refractivity contribution in [1.29, 1.82) is 0 Å². The summed E-state index contributed by atoms with van der Waals surface area (Å²) in [6, 6.07) is 10.7. The molecule has 0 amide bonds. The first-order chi connectivity index (χ1) is 8.65.